The van der Waals surface area contributed by atoms with Gasteiger partial charge in [-0.2, -0.15) is 0 Å². The number of benzene rings is 1. The monoisotopic (exact) mass is 422 g/mol. The average molecular weight is 423 g/mol. The number of carbonyl (C=O) groups excluding carboxylic acids is 2. The zero-order chi connectivity index (χ0) is 21.3. The van der Waals surface area contributed by atoms with E-state index in [9.17, 15) is 9.59 Å². The van der Waals surface area contributed by atoms with Crippen LogP contribution in [0, 0.1) is 12.8 Å². The summed E-state index contributed by atoms with van der Waals surface area (Å²) in [5.41, 5.74) is 2.64. The maximum absolute atomic E-state index is 13.0. The summed E-state index contributed by atoms with van der Waals surface area (Å²) in [6, 6.07) is 11.4. The van der Waals surface area contributed by atoms with Crippen molar-refractivity contribution < 1.29 is 14.3 Å². The molecule has 4 rings (SSSR count). The third-order valence-corrected chi connectivity index (χ3v) is 6.49. The Kier molecular flexibility index (Phi) is 5.86. The Balaban J connectivity index is 1.48. The Morgan fingerprint density at radius 2 is 2.03 bits per heavy atom. The van der Waals surface area contributed by atoms with E-state index >= 15 is 0 Å². The molecule has 0 spiro atoms. The highest BCUT2D eigenvalue weighted by molar-refractivity contribution is 7.15. The molecule has 1 aliphatic rings. The zero-order valence-electron chi connectivity index (χ0n) is 17.6. The molecular weight excluding hydrogens is 396 g/mol. The number of ketones is 2. The van der Waals surface area contributed by atoms with Crippen molar-refractivity contribution in [3.05, 3.63) is 59.0 Å². The molecule has 0 bridgehead atoms. The van der Waals surface area contributed by atoms with Gasteiger partial charge in [0.15, 0.2) is 11.6 Å². The van der Waals surface area contributed by atoms with E-state index in [0.29, 0.717) is 31.1 Å². The van der Waals surface area contributed by atoms with Gasteiger partial charge in [-0.1, -0.05) is 13.8 Å². The fourth-order valence-corrected chi connectivity index (χ4v) is 4.86. The van der Waals surface area contributed by atoms with Crippen LogP contribution in [0.25, 0.3) is 10.4 Å². The Hall–Kier alpha value is -2.73. The van der Waals surface area contributed by atoms with E-state index in [1.165, 1.54) is 0 Å². The van der Waals surface area contributed by atoms with Gasteiger partial charge in [-0.3, -0.25) is 9.59 Å². The van der Waals surface area contributed by atoms with Crippen molar-refractivity contribution in [2.75, 3.05) is 6.61 Å². The molecule has 0 radical (unpaired) electrons. The van der Waals surface area contributed by atoms with Crippen LogP contribution in [0.1, 0.15) is 53.9 Å². The van der Waals surface area contributed by atoms with E-state index < -0.39 is 0 Å². The molecule has 0 amide bonds. The van der Waals surface area contributed by atoms with E-state index in [2.05, 4.69) is 18.8 Å². The van der Waals surface area contributed by atoms with Gasteiger partial charge in [0.05, 0.1) is 35.3 Å². The molecule has 1 aromatic carbocycles. The van der Waals surface area contributed by atoms with Crippen LogP contribution in [-0.2, 0) is 11.2 Å². The number of fused-ring (bicyclic) bond motifs is 1. The lowest BCUT2D eigenvalue weighted by atomic mass is 9.97. The first-order valence-electron chi connectivity index (χ1n) is 10.3. The second-order valence-corrected chi connectivity index (χ2v) is 9.26. The van der Waals surface area contributed by atoms with E-state index in [0.717, 1.165) is 26.9 Å². The van der Waals surface area contributed by atoms with Crippen LogP contribution < -0.4 is 4.74 Å². The van der Waals surface area contributed by atoms with Gasteiger partial charge < -0.3 is 9.30 Å². The molecule has 3 heterocycles. The number of carbonyl (C=O) groups is 2. The molecule has 3 aromatic rings. The van der Waals surface area contributed by atoms with Crippen LogP contribution in [0.15, 0.2) is 42.6 Å². The predicted molar refractivity (Wildman–Crippen MR) is 118 cm³/mol. The first-order chi connectivity index (χ1) is 14.4. The lowest BCUT2D eigenvalue weighted by Gasteiger charge is -2.24. The van der Waals surface area contributed by atoms with Gasteiger partial charge >= 0.3 is 0 Å². The lowest BCUT2D eigenvalue weighted by molar-refractivity contribution is -0.121. The van der Waals surface area contributed by atoms with Crippen molar-refractivity contribution in [3.8, 4) is 16.2 Å². The molecule has 0 N–H and O–H groups in total. The van der Waals surface area contributed by atoms with Gasteiger partial charge in [0.2, 0.25) is 0 Å². The van der Waals surface area contributed by atoms with Gasteiger partial charge in [-0.05, 0) is 61.2 Å². The molecule has 0 aliphatic carbocycles. The second-order valence-electron chi connectivity index (χ2n) is 8.17. The molecule has 6 heteroatoms. The number of nitrogens with zero attached hydrogens (tertiary/aromatic N) is 2. The number of rotatable bonds is 7. The third kappa shape index (κ3) is 4.24. The Bertz CT molecular complexity index is 1060. The molecule has 30 heavy (non-hydrogen) atoms. The zero-order valence-corrected chi connectivity index (χ0v) is 18.4. The topological polar surface area (TPSA) is 61.2 Å². The van der Waals surface area contributed by atoms with Crippen molar-refractivity contribution in [2.24, 2.45) is 5.92 Å². The predicted octanol–water partition coefficient (Wildman–Crippen LogP) is 5.28. The number of hydrogen-bond donors (Lipinski definition) is 0. The fraction of sp³-hybridized carbons (Fsp3) is 0.375. The molecule has 0 saturated carbocycles. The summed E-state index contributed by atoms with van der Waals surface area (Å²) in [7, 11) is 0. The summed E-state index contributed by atoms with van der Waals surface area (Å²) in [6.45, 7) is 6.92. The fourth-order valence-electron chi connectivity index (χ4n) is 3.78. The van der Waals surface area contributed by atoms with E-state index in [1.54, 1.807) is 17.4 Å². The van der Waals surface area contributed by atoms with E-state index in [-0.39, 0.29) is 24.0 Å². The molecule has 5 nitrogen and oxygen atoms in total. The third-order valence-electron chi connectivity index (χ3n) is 5.28. The number of thiazole rings is 1. The van der Waals surface area contributed by atoms with Crippen molar-refractivity contribution in [2.45, 2.75) is 46.1 Å². The number of aromatic nitrogens is 2. The first kappa shape index (κ1) is 20.5. The van der Waals surface area contributed by atoms with Gasteiger partial charge in [0.1, 0.15) is 10.8 Å². The SMILES string of the molecule is Cc1nc(CC(=O)C2CCC(=O)c3cccn32)sc1-c1ccc(OCC(C)C)cc1. The van der Waals surface area contributed by atoms with Crippen LogP contribution in [0.2, 0.25) is 0 Å². The highest BCUT2D eigenvalue weighted by atomic mass is 32.1. The Morgan fingerprint density at radius 3 is 2.77 bits per heavy atom. The minimum absolute atomic E-state index is 0.109. The number of Topliss-reactive ketones (excluding diaryl/α,β-unsaturated/α-hetero) is 2. The molecule has 0 saturated heterocycles. The normalized spacial score (nSPS) is 16.0. The smallest absolute Gasteiger partial charge is 0.179 e. The van der Waals surface area contributed by atoms with Crippen LogP contribution in [-0.4, -0.2) is 27.7 Å². The molecule has 0 fully saturated rings. The maximum atomic E-state index is 13.0. The van der Waals surface area contributed by atoms with Gasteiger partial charge in [0, 0.05) is 12.6 Å². The second kappa shape index (κ2) is 8.56. The van der Waals surface area contributed by atoms with E-state index in [1.807, 2.05) is 48.0 Å². The van der Waals surface area contributed by atoms with E-state index in [4.69, 9.17) is 4.74 Å². The summed E-state index contributed by atoms with van der Waals surface area (Å²) >= 11 is 1.56. The van der Waals surface area contributed by atoms with Gasteiger partial charge in [-0.25, -0.2) is 4.98 Å². The van der Waals surface area contributed by atoms with Crippen molar-refractivity contribution in [3.63, 3.8) is 0 Å². The minimum atomic E-state index is -0.280. The summed E-state index contributed by atoms with van der Waals surface area (Å²) in [4.78, 5) is 30.7. The summed E-state index contributed by atoms with van der Waals surface area (Å²) < 4.78 is 7.58. The molecule has 1 atom stereocenters. The van der Waals surface area contributed by atoms with Gasteiger partial charge in [-0.15, -0.1) is 11.3 Å². The maximum Gasteiger partial charge on any atom is 0.179 e. The lowest BCUT2D eigenvalue weighted by Crippen LogP contribution is -2.28. The summed E-state index contributed by atoms with van der Waals surface area (Å²) in [5, 5.41) is 0.818. The van der Waals surface area contributed by atoms with Crippen molar-refractivity contribution in [1.82, 2.24) is 9.55 Å². The van der Waals surface area contributed by atoms with Crippen LogP contribution in [0.3, 0.4) is 0 Å². The molecule has 1 unspecified atom stereocenters. The quantitative estimate of drug-likeness (QED) is 0.519. The van der Waals surface area contributed by atoms with Crippen LogP contribution >= 0.6 is 11.3 Å². The summed E-state index contributed by atoms with van der Waals surface area (Å²) in [6.07, 6.45) is 3.11. The highest BCUT2D eigenvalue weighted by Gasteiger charge is 2.30. The van der Waals surface area contributed by atoms with Crippen LogP contribution in [0.4, 0.5) is 0 Å². The molecule has 2 aromatic heterocycles. The Morgan fingerprint density at radius 1 is 1.27 bits per heavy atom. The number of ether oxygens (including phenoxy) is 1. The average Bonchev–Trinajstić information content (AvgIpc) is 3.34. The number of aryl methyl sites for hydroxylation is 1. The molecular formula is C24H26N2O3S. The Labute approximate surface area is 180 Å². The largest absolute Gasteiger partial charge is 0.493 e. The van der Waals surface area contributed by atoms with Gasteiger partial charge in [0.25, 0.3) is 0 Å². The highest BCUT2D eigenvalue weighted by Crippen LogP contribution is 2.33. The van der Waals surface area contributed by atoms with Crippen molar-refractivity contribution in [1.29, 1.82) is 0 Å². The van der Waals surface area contributed by atoms with Crippen molar-refractivity contribution >= 4 is 22.9 Å². The standard InChI is InChI=1S/C24H26N2O3S/c1-15(2)14-29-18-8-6-17(7-9-18)24-16(3)25-23(30-24)13-22(28)20-10-11-21(27)19-5-4-12-26(19)20/h4-9,12,15,20H,10-11,13-14H2,1-3H3. The number of hydrogen-bond acceptors (Lipinski definition) is 5. The first-order valence-corrected chi connectivity index (χ1v) is 11.2. The summed E-state index contributed by atoms with van der Waals surface area (Å²) in [5.74, 6) is 1.56. The molecule has 1 aliphatic heterocycles. The van der Waals surface area contributed by atoms with Crippen LogP contribution in [0.5, 0.6) is 5.75 Å². The minimum Gasteiger partial charge on any atom is -0.493 e. The molecule has 156 valence electrons.